The first kappa shape index (κ1) is 20.6. The van der Waals surface area contributed by atoms with Gasteiger partial charge < -0.3 is 14.4 Å². The number of morpholine rings is 1. The normalized spacial score (nSPS) is 18.4. The van der Waals surface area contributed by atoms with Crippen molar-refractivity contribution >= 4 is 35.3 Å². The van der Waals surface area contributed by atoms with Crippen molar-refractivity contribution in [1.29, 1.82) is 0 Å². The van der Waals surface area contributed by atoms with Crippen LogP contribution < -0.4 is 19.9 Å². The lowest BCUT2D eigenvalue weighted by molar-refractivity contribution is -0.122. The molecule has 0 radical (unpaired) electrons. The molecule has 31 heavy (non-hydrogen) atoms. The molecule has 0 unspecified atom stereocenters. The van der Waals surface area contributed by atoms with E-state index in [9.17, 15) is 14.4 Å². The van der Waals surface area contributed by atoms with Crippen LogP contribution in [0.15, 0.2) is 48.0 Å². The second-order valence-electron chi connectivity index (χ2n) is 7.32. The Kier molecular flexibility index (Phi) is 5.73. The van der Waals surface area contributed by atoms with Gasteiger partial charge >= 0.3 is 6.03 Å². The molecular weight excluding hydrogens is 398 g/mol. The quantitative estimate of drug-likeness (QED) is 0.603. The fourth-order valence-electron chi connectivity index (χ4n) is 3.65. The monoisotopic (exact) mass is 421 g/mol. The number of ether oxygens (including phenoxy) is 2. The smallest absolute Gasteiger partial charge is 0.335 e. The number of urea groups is 1. The molecule has 2 aromatic rings. The fourth-order valence-corrected chi connectivity index (χ4v) is 3.65. The predicted octanol–water partition coefficient (Wildman–Crippen LogP) is 2.51. The van der Waals surface area contributed by atoms with Gasteiger partial charge in [-0.2, -0.15) is 0 Å². The molecule has 2 aromatic carbocycles. The average molecular weight is 421 g/mol. The Balaban J connectivity index is 1.68. The van der Waals surface area contributed by atoms with Gasteiger partial charge in [-0.05, 0) is 42.8 Å². The predicted molar refractivity (Wildman–Crippen MR) is 116 cm³/mol. The van der Waals surface area contributed by atoms with Gasteiger partial charge in [-0.1, -0.05) is 12.1 Å². The van der Waals surface area contributed by atoms with E-state index >= 15 is 0 Å². The van der Waals surface area contributed by atoms with Crippen LogP contribution in [0.25, 0.3) is 6.08 Å². The summed E-state index contributed by atoms with van der Waals surface area (Å²) >= 11 is 0. The van der Waals surface area contributed by atoms with E-state index in [4.69, 9.17) is 9.47 Å². The molecule has 0 aliphatic carbocycles. The minimum absolute atomic E-state index is 0.140. The van der Waals surface area contributed by atoms with Crippen molar-refractivity contribution in [3.63, 3.8) is 0 Å². The van der Waals surface area contributed by atoms with E-state index < -0.39 is 17.8 Å². The summed E-state index contributed by atoms with van der Waals surface area (Å²) in [6, 6.07) is 11.8. The first-order valence-electron chi connectivity index (χ1n) is 9.97. The summed E-state index contributed by atoms with van der Waals surface area (Å²) in [5, 5.41) is 2.24. The highest BCUT2D eigenvalue weighted by Gasteiger charge is 2.37. The van der Waals surface area contributed by atoms with Gasteiger partial charge in [-0.25, -0.2) is 9.69 Å². The minimum Gasteiger partial charge on any atom is -0.496 e. The van der Waals surface area contributed by atoms with Crippen molar-refractivity contribution in [1.82, 2.24) is 5.32 Å². The third-order valence-electron chi connectivity index (χ3n) is 5.25. The Hall–Kier alpha value is -3.65. The molecule has 8 nitrogen and oxygen atoms in total. The molecule has 2 saturated heterocycles. The maximum atomic E-state index is 13.1. The molecule has 1 N–H and O–H groups in total. The molecule has 2 aliphatic rings. The Labute approximate surface area is 180 Å². The van der Waals surface area contributed by atoms with Crippen LogP contribution in [0.2, 0.25) is 0 Å². The third-order valence-corrected chi connectivity index (χ3v) is 5.25. The number of hydrogen-bond acceptors (Lipinski definition) is 6. The van der Waals surface area contributed by atoms with E-state index in [0.717, 1.165) is 29.2 Å². The number of rotatable bonds is 4. The molecular formula is C23H23N3O5. The van der Waals surface area contributed by atoms with Gasteiger partial charge in [0.1, 0.15) is 11.3 Å². The number of hydrogen-bond donors (Lipinski definition) is 1. The first-order chi connectivity index (χ1) is 15.0. The highest BCUT2D eigenvalue weighted by molar-refractivity contribution is 6.39. The largest absolute Gasteiger partial charge is 0.496 e. The zero-order valence-corrected chi connectivity index (χ0v) is 17.4. The number of barbiturate groups is 1. The highest BCUT2D eigenvalue weighted by atomic mass is 16.5. The molecule has 0 atom stereocenters. The van der Waals surface area contributed by atoms with Crippen molar-refractivity contribution in [2.45, 2.75) is 6.92 Å². The summed E-state index contributed by atoms with van der Waals surface area (Å²) in [4.78, 5) is 41.1. The molecule has 2 fully saturated rings. The summed E-state index contributed by atoms with van der Waals surface area (Å²) < 4.78 is 10.9. The van der Waals surface area contributed by atoms with Gasteiger partial charge in [-0.15, -0.1) is 0 Å². The molecule has 8 heteroatoms. The molecule has 4 amide bonds. The molecule has 4 rings (SSSR count). The third kappa shape index (κ3) is 4.15. The van der Waals surface area contributed by atoms with Gasteiger partial charge in [-0.3, -0.25) is 14.9 Å². The maximum Gasteiger partial charge on any atom is 0.335 e. The number of benzene rings is 2. The van der Waals surface area contributed by atoms with E-state index in [0.29, 0.717) is 30.2 Å². The Morgan fingerprint density at radius 3 is 2.52 bits per heavy atom. The van der Waals surface area contributed by atoms with Crippen LogP contribution in [0.4, 0.5) is 16.2 Å². The number of amides is 4. The number of carbonyl (C=O) groups is 3. The molecule has 160 valence electrons. The summed E-state index contributed by atoms with van der Waals surface area (Å²) in [6.07, 6.45) is 1.45. The Bertz CT molecular complexity index is 1070. The first-order valence-corrected chi connectivity index (χ1v) is 9.97. The van der Waals surface area contributed by atoms with Gasteiger partial charge in [0.25, 0.3) is 11.8 Å². The zero-order chi connectivity index (χ0) is 22.0. The molecule has 0 spiro atoms. The number of carbonyl (C=O) groups excluding carboxylic acids is 3. The van der Waals surface area contributed by atoms with E-state index in [2.05, 4.69) is 10.2 Å². The Morgan fingerprint density at radius 1 is 1.03 bits per heavy atom. The highest BCUT2D eigenvalue weighted by Crippen LogP contribution is 2.29. The summed E-state index contributed by atoms with van der Waals surface area (Å²) in [6.45, 7) is 4.73. The fraction of sp³-hybridized carbons (Fsp3) is 0.261. The standard InChI is InChI=1S/C23H23N3O5/c1-15-4-3-5-18(12-15)26-22(28)19(21(27)24-23(26)29)13-16-6-7-17(14-20(16)30-2)25-8-10-31-11-9-25/h3-7,12-14H,8-11H2,1-2H3,(H,24,27,29)/b19-13+. The van der Waals surface area contributed by atoms with Crippen molar-refractivity contribution in [3.8, 4) is 5.75 Å². The van der Waals surface area contributed by atoms with Gasteiger partial charge in [0, 0.05) is 30.4 Å². The molecule has 2 heterocycles. The second kappa shape index (κ2) is 8.61. The van der Waals surface area contributed by atoms with Crippen LogP contribution >= 0.6 is 0 Å². The van der Waals surface area contributed by atoms with E-state index in [1.165, 1.54) is 13.2 Å². The van der Waals surface area contributed by atoms with Crippen LogP contribution in [-0.2, 0) is 14.3 Å². The zero-order valence-electron chi connectivity index (χ0n) is 17.4. The summed E-state index contributed by atoms with van der Waals surface area (Å²) in [7, 11) is 1.53. The lowest BCUT2D eigenvalue weighted by atomic mass is 10.0. The lowest BCUT2D eigenvalue weighted by Crippen LogP contribution is -2.54. The number of anilines is 2. The number of aryl methyl sites for hydroxylation is 1. The molecule has 0 saturated carbocycles. The van der Waals surface area contributed by atoms with Crippen LogP contribution in [-0.4, -0.2) is 51.3 Å². The maximum absolute atomic E-state index is 13.1. The molecule has 2 aliphatic heterocycles. The summed E-state index contributed by atoms with van der Waals surface area (Å²) in [5.41, 5.74) is 2.68. The number of nitrogens with zero attached hydrogens (tertiary/aromatic N) is 2. The number of imide groups is 2. The number of nitrogens with one attached hydrogen (secondary N) is 1. The Morgan fingerprint density at radius 2 is 1.81 bits per heavy atom. The van der Waals surface area contributed by atoms with Crippen LogP contribution in [0.5, 0.6) is 5.75 Å². The van der Waals surface area contributed by atoms with E-state index in [1.807, 2.05) is 25.1 Å². The van der Waals surface area contributed by atoms with Crippen molar-refractivity contribution in [2.75, 3.05) is 43.2 Å². The second-order valence-corrected chi connectivity index (χ2v) is 7.32. The van der Waals surface area contributed by atoms with Crippen LogP contribution in [0.1, 0.15) is 11.1 Å². The van der Waals surface area contributed by atoms with Crippen molar-refractivity contribution < 1.29 is 23.9 Å². The van der Waals surface area contributed by atoms with Crippen molar-refractivity contribution in [3.05, 3.63) is 59.2 Å². The van der Waals surface area contributed by atoms with E-state index in [-0.39, 0.29) is 5.57 Å². The number of methoxy groups -OCH3 is 1. The van der Waals surface area contributed by atoms with Crippen molar-refractivity contribution in [2.24, 2.45) is 0 Å². The van der Waals surface area contributed by atoms with Crippen LogP contribution in [0, 0.1) is 6.92 Å². The summed E-state index contributed by atoms with van der Waals surface area (Å²) in [5.74, 6) is -0.895. The molecule has 0 bridgehead atoms. The van der Waals surface area contributed by atoms with Gasteiger partial charge in [0.2, 0.25) is 0 Å². The SMILES string of the molecule is COc1cc(N2CCOCC2)ccc1/C=C1\C(=O)NC(=O)N(c2cccc(C)c2)C1=O. The minimum atomic E-state index is -0.771. The molecule has 0 aromatic heterocycles. The van der Waals surface area contributed by atoms with E-state index in [1.54, 1.807) is 24.3 Å². The average Bonchev–Trinajstić information content (AvgIpc) is 2.77. The lowest BCUT2D eigenvalue weighted by Gasteiger charge is -2.29. The van der Waals surface area contributed by atoms with Gasteiger partial charge in [0.05, 0.1) is 26.0 Å². The topological polar surface area (TPSA) is 88.2 Å². The van der Waals surface area contributed by atoms with Crippen LogP contribution in [0.3, 0.4) is 0 Å². The van der Waals surface area contributed by atoms with Gasteiger partial charge in [0.15, 0.2) is 0 Å².